The number of amides is 2. The summed E-state index contributed by atoms with van der Waals surface area (Å²) < 4.78 is 28.3. The minimum absolute atomic E-state index is 0.0260. The number of fused-ring (bicyclic) bond motifs is 4. The number of hydrogen-bond donors (Lipinski definition) is 3. The predicted octanol–water partition coefficient (Wildman–Crippen LogP) is 1.46. The summed E-state index contributed by atoms with van der Waals surface area (Å²) in [5.41, 5.74) is -1.40. The maximum atomic E-state index is 13.8. The van der Waals surface area contributed by atoms with Crippen molar-refractivity contribution in [3.63, 3.8) is 0 Å². The van der Waals surface area contributed by atoms with Crippen LogP contribution in [0.1, 0.15) is 52.1 Å². The Morgan fingerprint density at radius 3 is 2.78 bits per heavy atom. The van der Waals surface area contributed by atoms with Crippen molar-refractivity contribution in [3.05, 3.63) is 63.1 Å². The van der Waals surface area contributed by atoms with E-state index in [0.29, 0.717) is 6.07 Å². The van der Waals surface area contributed by atoms with Gasteiger partial charge in [0.25, 0.3) is 11.8 Å². The molecule has 3 aliphatic rings. The smallest absolute Gasteiger partial charge is 0.276 e. The zero-order chi connectivity index (χ0) is 22.6. The maximum Gasteiger partial charge on any atom is 0.276 e. The second-order valence-electron chi connectivity index (χ2n) is 8.49. The molecule has 3 heterocycles. The van der Waals surface area contributed by atoms with E-state index in [-0.39, 0.29) is 48.2 Å². The molecule has 2 amide bonds. The van der Waals surface area contributed by atoms with Crippen LogP contribution in [-0.2, 0) is 13.1 Å². The Hall–Kier alpha value is -3.27. The van der Waals surface area contributed by atoms with E-state index in [1.165, 1.54) is 16.8 Å². The highest BCUT2D eigenvalue weighted by atomic mass is 19.1. The number of nitrogens with one attached hydrogen (secondary N) is 2. The van der Waals surface area contributed by atoms with Gasteiger partial charge in [-0.2, -0.15) is 0 Å². The van der Waals surface area contributed by atoms with Gasteiger partial charge in [0.1, 0.15) is 23.4 Å². The minimum Gasteiger partial charge on any atom is -0.503 e. The molecule has 5 rings (SSSR count). The molecule has 1 aliphatic carbocycles. The summed E-state index contributed by atoms with van der Waals surface area (Å²) in [6.45, 7) is 0.0158. The first kappa shape index (κ1) is 20.6. The van der Waals surface area contributed by atoms with E-state index < -0.39 is 34.6 Å². The van der Waals surface area contributed by atoms with E-state index in [1.807, 2.05) is 0 Å². The Kier molecular flexibility index (Phi) is 4.96. The molecule has 32 heavy (non-hydrogen) atoms. The molecule has 168 valence electrons. The molecule has 8 nitrogen and oxygen atoms in total. The zero-order valence-corrected chi connectivity index (χ0v) is 17.1. The second-order valence-corrected chi connectivity index (χ2v) is 8.49. The lowest BCUT2D eigenvalue weighted by Crippen LogP contribution is -2.51. The Morgan fingerprint density at radius 2 is 2.00 bits per heavy atom. The molecule has 0 radical (unpaired) electrons. The molecule has 3 N–H and O–H groups in total. The normalized spacial score (nSPS) is 24.0. The predicted molar refractivity (Wildman–Crippen MR) is 109 cm³/mol. The van der Waals surface area contributed by atoms with E-state index >= 15 is 0 Å². The van der Waals surface area contributed by atoms with Crippen LogP contribution in [-0.4, -0.2) is 44.6 Å². The molecule has 0 spiro atoms. The van der Waals surface area contributed by atoms with Crippen LogP contribution >= 0.6 is 0 Å². The third-order valence-corrected chi connectivity index (χ3v) is 6.59. The lowest BCUT2D eigenvalue weighted by Gasteiger charge is -2.37. The van der Waals surface area contributed by atoms with Gasteiger partial charge in [0.15, 0.2) is 11.4 Å². The number of carbonyl (C=O) groups is 2. The summed E-state index contributed by atoms with van der Waals surface area (Å²) in [5.74, 6) is -3.59. The molecule has 0 unspecified atom stereocenters. The molecule has 2 fully saturated rings. The molecular formula is C22H22F2N4O4. The third kappa shape index (κ3) is 3.26. The van der Waals surface area contributed by atoms with Crippen molar-refractivity contribution in [2.75, 3.05) is 0 Å². The number of halogens is 2. The van der Waals surface area contributed by atoms with Crippen molar-refractivity contribution < 1.29 is 23.5 Å². The van der Waals surface area contributed by atoms with Crippen LogP contribution in [0.2, 0.25) is 0 Å². The van der Waals surface area contributed by atoms with Gasteiger partial charge in [-0.15, -0.1) is 0 Å². The highest BCUT2D eigenvalue weighted by Gasteiger charge is 2.48. The van der Waals surface area contributed by atoms with E-state index in [0.717, 1.165) is 31.7 Å². The number of benzene rings is 1. The summed E-state index contributed by atoms with van der Waals surface area (Å²) in [5, 5.41) is 16.4. The Labute approximate surface area is 181 Å². The van der Waals surface area contributed by atoms with Gasteiger partial charge < -0.3 is 19.9 Å². The fourth-order valence-corrected chi connectivity index (χ4v) is 5.05. The van der Waals surface area contributed by atoms with Crippen LogP contribution in [0.25, 0.3) is 0 Å². The average molecular weight is 444 g/mol. The third-order valence-electron chi connectivity index (χ3n) is 6.59. The Balaban J connectivity index is 1.42. The molecule has 0 bridgehead atoms. The van der Waals surface area contributed by atoms with Crippen LogP contribution in [0.5, 0.6) is 5.75 Å². The van der Waals surface area contributed by atoms with Crippen molar-refractivity contribution in [2.45, 2.75) is 57.0 Å². The van der Waals surface area contributed by atoms with Crippen molar-refractivity contribution in [3.8, 4) is 5.75 Å². The number of pyridine rings is 1. The fraction of sp³-hybridized carbons (Fsp3) is 0.409. The largest absolute Gasteiger partial charge is 0.503 e. The molecule has 10 heteroatoms. The van der Waals surface area contributed by atoms with E-state index in [9.17, 15) is 28.3 Å². The van der Waals surface area contributed by atoms with Gasteiger partial charge in [-0.25, -0.2) is 8.78 Å². The summed E-state index contributed by atoms with van der Waals surface area (Å²) in [6.07, 6.45) is 4.90. The van der Waals surface area contributed by atoms with Crippen molar-refractivity contribution >= 4 is 11.8 Å². The van der Waals surface area contributed by atoms with Crippen LogP contribution < -0.4 is 16.1 Å². The van der Waals surface area contributed by atoms with Gasteiger partial charge in [0.05, 0.1) is 6.54 Å². The fourth-order valence-electron chi connectivity index (χ4n) is 5.05. The first-order chi connectivity index (χ1) is 15.3. The van der Waals surface area contributed by atoms with Crippen LogP contribution in [0, 0.1) is 11.6 Å². The van der Waals surface area contributed by atoms with Crippen molar-refractivity contribution in [1.29, 1.82) is 0 Å². The summed E-state index contributed by atoms with van der Waals surface area (Å²) in [7, 11) is 0. The number of aromatic hydroxyl groups is 1. The maximum absolute atomic E-state index is 13.8. The van der Waals surface area contributed by atoms with Crippen molar-refractivity contribution in [2.24, 2.45) is 0 Å². The Bertz CT molecular complexity index is 1180. The number of carbonyl (C=O) groups excluding carboxylic acids is 2. The summed E-state index contributed by atoms with van der Waals surface area (Å²) >= 11 is 0. The monoisotopic (exact) mass is 444 g/mol. The van der Waals surface area contributed by atoms with E-state index in [2.05, 4.69) is 10.6 Å². The van der Waals surface area contributed by atoms with Crippen LogP contribution in [0.4, 0.5) is 8.78 Å². The standard InChI is InChI=1S/C22H22F2N4O4/c23-12-6-5-11(14(24)7-12)8-25-21(31)13-9-27-10-17-26-15-3-1-2-4-16(15)28(17)22(32)18(27)20(30)19(13)29/h5-7,9,15-17,26,30H,1-4,8,10H2,(H,25,31)/t15-,16-,17-/m0/s1. The van der Waals surface area contributed by atoms with Gasteiger partial charge in [-0.1, -0.05) is 18.9 Å². The lowest BCUT2D eigenvalue weighted by atomic mass is 9.91. The summed E-state index contributed by atoms with van der Waals surface area (Å²) in [4.78, 5) is 40.2. The molecule has 1 saturated carbocycles. The topological polar surface area (TPSA) is 104 Å². The zero-order valence-electron chi connectivity index (χ0n) is 17.1. The summed E-state index contributed by atoms with van der Waals surface area (Å²) in [6, 6.07) is 3.16. The van der Waals surface area contributed by atoms with E-state index in [4.69, 9.17) is 0 Å². The minimum atomic E-state index is -0.965. The van der Waals surface area contributed by atoms with Gasteiger partial charge in [0.2, 0.25) is 5.43 Å². The van der Waals surface area contributed by atoms with Crippen molar-refractivity contribution in [1.82, 2.24) is 20.1 Å². The van der Waals surface area contributed by atoms with E-state index in [1.54, 1.807) is 4.90 Å². The highest BCUT2D eigenvalue weighted by molar-refractivity contribution is 5.99. The quantitative estimate of drug-likeness (QED) is 0.665. The van der Waals surface area contributed by atoms with Gasteiger partial charge in [-0.05, 0) is 18.9 Å². The number of nitrogens with zero attached hydrogens (tertiary/aromatic N) is 2. The highest BCUT2D eigenvalue weighted by Crippen LogP contribution is 2.35. The second kappa shape index (κ2) is 7.70. The first-order valence-electron chi connectivity index (χ1n) is 10.6. The molecule has 2 aliphatic heterocycles. The van der Waals surface area contributed by atoms with Crippen LogP contribution in [0.3, 0.4) is 0 Å². The molecular weight excluding hydrogens is 422 g/mol. The molecule has 1 aromatic heterocycles. The van der Waals surface area contributed by atoms with Gasteiger partial charge in [-0.3, -0.25) is 19.7 Å². The van der Waals surface area contributed by atoms with Gasteiger partial charge >= 0.3 is 0 Å². The van der Waals surface area contributed by atoms with Gasteiger partial charge in [0, 0.05) is 36.5 Å². The molecule has 2 aromatic rings. The number of aromatic nitrogens is 1. The molecule has 1 saturated heterocycles. The lowest BCUT2D eigenvalue weighted by molar-refractivity contribution is 0.0544. The molecule has 1 aromatic carbocycles. The molecule has 3 atom stereocenters. The first-order valence-corrected chi connectivity index (χ1v) is 10.6. The SMILES string of the molecule is O=C(NCc1ccc(F)cc1F)c1cn2c(c(O)c1=O)C(=O)N1[C@@H](C2)N[C@H]2CCCC[C@@H]21. The number of rotatable bonds is 3. The Morgan fingerprint density at radius 1 is 1.22 bits per heavy atom. The number of hydrogen-bond acceptors (Lipinski definition) is 5. The van der Waals surface area contributed by atoms with Crippen LogP contribution in [0.15, 0.2) is 29.2 Å². The average Bonchev–Trinajstić information content (AvgIpc) is 3.14.